The Kier molecular flexibility index (Phi) is 13.6. The number of Topliss-reactive ketones (excluding diaryl/α,β-unsaturated/α-hetero) is 1. The first kappa shape index (κ1) is 43.7. The van der Waals surface area contributed by atoms with Crippen LogP contribution in [0.1, 0.15) is 85.3 Å². The number of nitrogens with two attached hydrogens (primary N) is 2. The zero-order valence-electron chi connectivity index (χ0n) is 35.2. The fraction of sp³-hybridized carbons (Fsp3) is 0.525. The largest absolute Gasteiger partial charge is 0.444 e. The lowest BCUT2D eigenvalue weighted by Gasteiger charge is -2.34. The fourth-order valence-electron chi connectivity index (χ4n) is 6.73. The highest BCUT2D eigenvalue weighted by atomic mass is 16.6. The molecule has 5 aromatic rings. The molecule has 2 amide bonds. The monoisotopic (exact) mass is 812 g/mol. The van der Waals surface area contributed by atoms with E-state index in [0.717, 1.165) is 53.6 Å². The average molecular weight is 813 g/mol. The minimum absolute atomic E-state index is 0.0766. The number of carbonyl (C=O) groups excluding carboxylic acids is 3. The number of fused-ring (bicyclic) bond motifs is 1. The number of nitrogen functional groups attached to an aromatic ring is 2. The van der Waals surface area contributed by atoms with Gasteiger partial charge in [-0.3, -0.25) is 19.3 Å². The summed E-state index contributed by atoms with van der Waals surface area (Å²) < 4.78 is 15.9. The number of nitriles is 1. The minimum Gasteiger partial charge on any atom is -0.444 e. The van der Waals surface area contributed by atoms with Gasteiger partial charge in [0.2, 0.25) is 0 Å². The lowest BCUT2D eigenvalue weighted by Crippen LogP contribution is -2.44. The number of aromatic amines is 1. The van der Waals surface area contributed by atoms with Gasteiger partial charge in [-0.1, -0.05) is 0 Å². The second-order valence-corrected chi connectivity index (χ2v) is 16.7. The van der Waals surface area contributed by atoms with Crippen molar-refractivity contribution in [2.24, 2.45) is 20.0 Å². The lowest BCUT2D eigenvalue weighted by atomic mass is 9.93. The molecule has 19 nitrogen and oxygen atoms in total. The molecule has 0 radical (unpaired) electrons. The Balaban J connectivity index is 0.000000187. The zero-order valence-corrected chi connectivity index (χ0v) is 35.2. The van der Waals surface area contributed by atoms with Gasteiger partial charge in [0.25, 0.3) is 0 Å². The van der Waals surface area contributed by atoms with Crippen LogP contribution in [0.25, 0.3) is 27.9 Å². The van der Waals surface area contributed by atoms with Gasteiger partial charge < -0.3 is 30.7 Å². The fourth-order valence-corrected chi connectivity index (χ4v) is 6.73. The van der Waals surface area contributed by atoms with Gasteiger partial charge in [0.05, 0.1) is 43.0 Å². The Morgan fingerprint density at radius 1 is 0.831 bits per heavy atom. The van der Waals surface area contributed by atoms with Crippen LogP contribution >= 0.6 is 0 Å². The van der Waals surface area contributed by atoms with E-state index in [1.54, 1.807) is 48.5 Å². The van der Waals surface area contributed by atoms with Crippen molar-refractivity contribution in [3.05, 3.63) is 48.9 Å². The molecule has 5 N–H and O–H groups in total. The predicted molar refractivity (Wildman–Crippen MR) is 220 cm³/mol. The van der Waals surface area contributed by atoms with Crippen LogP contribution in [-0.2, 0) is 28.4 Å². The maximum atomic E-state index is 12.5. The van der Waals surface area contributed by atoms with Crippen molar-refractivity contribution >= 4 is 35.3 Å². The summed E-state index contributed by atoms with van der Waals surface area (Å²) >= 11 is 0. The van der Waals surface area contributed by atoms with Gasteiger partial charge in [0, 0.05) is 92.8 Å². The van der Waals surface area contributed by atoms with E-state index in [1.165, 1.54) is 0 Å². The Bertz CT molecular complexity index is 2270. The SMILES string of the molecule is CC(C)(C)OC(=O)N1CCCC(C(=O)CC#N)C1.Cn1cc(-c2cn[nH]c2N)cn1.Cn1cc(-c2cnn3c(N)cc(C4CCCN(C(=O)OC(C)(C)C)C4)nc23)cn1. The first-order chi connectivity index (χ1) is 27.8. The first-order valence-electron chi connectivity index (χ1n) is 19.6. The molecule has 0 spiro atoms. The molecule has 2 atom stereocenters. The molecule has 316 valence electrons. The smallest absolute Gasteiger partial charge is 0.410 e. The Morgan fingerprint density at radius 3 is 1.93 bits per heavy atom. The molecule has 2 unspecified atom stereocenters. The van der Waals surface area contributed by atoms with Gasteiger partial charge in [0.1, 0.15) is 22.8 Å². The highest BCUT2D eigenvalue weighted by Gasteiger charge is 2.32. The standard InChI is InChI=1S/C20H27N7O2.C13H20N2O3.C7H9N5/c1-20(2,3)29-19(28)26-7-5-6-13(12-26)16-8-17(21)27-18(24-16)15(10-23-27)14-9-22-25(4)11-14;1-13(2,3)18-12(17)15-8-4-5-10(9-15)11(16)6-7-14;1-12-4-5(2-10-12)6-3-9-11-7(6)8/h8-11,13H,5-7,12,21H2,1-4H3;10H,4-6,8-9H2,1-3H3;2-4H,1H3,(H3,8,9,11). The second kappa shape index (κ2) is 18.4. The van der Waals surface area contributed by atoms with E-state index in [4.69, 9.17) is 31.2 Å². The molecule has 19 heteroatoms. The Labute approximate surface area is 343 Å². The molecule has 7 rings (SSSR count). The van der Waals surface area contributed by atoms with Crippen LogP contribution in [0.2, 0.25) is 0 Å². The molecule has 2 aliphatic rings. The number of carbonyl (C=O) groups is 3. The van der Waals surface area contributed by atoms with Crippen molar-refractivity contribution < 1.29 is 23.9 Å². The summed E-state index contributed by atoms with van der Waals surface area (Å²) in [7, 11) is 3.73. The van der Waals surface area contributed by atoms with Crippen molar-refractivity contribution in [2.75, 3.05) is 37.6 Å². The van der Waals surface area contributed by atoms with Gasteiger partial charge in [-0.2, -0.15) is 30.2 Å². The number of hydrogen-bond acceptors (Lipinski definition) is 13. The van der Waals surface area contributed by atoms with Gasteiger partial charge in [-0.05, 0) is 67.2 Å². The van der Waals surface area contributed by atoms with E-state index >= 15 is 0 Å². The molecule has 0 aromatic carbocycles. The van der Waals surface area contributed by atoms with E-state index < -0.39 is 11.2 Å². The quantitative estimate of drug-likeness (QED) is 0.203. The number of ether oxygens (including phenoxy) is 2. The number of piperidine rings is 2. The van der Waals surface area contributed by atoms with Crippen LogP contribution in [0, 0.1) is 17.2 Å². The summed E-state index contributed by atoms with van der Waals surface area (Å²) in [6.45, 7) is 13.3. The number of aryl methyl sites for hydroxylation is 2. The third-order valence-electron chi connectivity index (χ3n) is 9.49. The van der Waals surface area contributed by atoms with Crippen molar-refractivity contribution in [2.45, 2.75) is 90.8 Å². The molecule has 2 fully saturated rings. The number of nitrogens with one attached hydrogen (secondary N) is 1. The number of amides is 2. The number of hydrogen-bond donors (Lipinski definition) is 3. The van der Waals surface area contributed by atoms with Crippen LogP contribution in [0.5, 0.6) is 0 Å². The Morgan fingerprint density at radius 2 is 1.41 bits per heavy atom. The molecule has 0 aliphatic carbocycles. The molecule has 2 aliphatic heterocycles. The van der Waals surface area contributed by atoms with Crippen molar-refractivity contribution in [1.29, 1.82) is 5.26 Å². The molecule has 0 bridgehead atoms. The number of nitrogens with zero attached hydrogens (tertiary/aromatic N) is 11. The number of ketones is 1. The molecule has 59 heavy (non-hydrogen) atoms. The van der Waals surface area contributed by atoms with E-state index in [1.807, 2.05) is 80.2 Å². The summed E-state index contributed by atoms with van der Waals surface area (Å²) in [5.41, 5.74) is 16.1. The number of aromatic nitrogens is 9. The first-order valence-corrected chi connectivity index (χ1v) is 19.6. The van der Waals surface area contributed by atoms with E-state index in [0.29, 0.717) is 43.5 Å². The summed E-state index contributed by atoms with van der Waals surface area (Å²) in [6.07, 6.45) is 13.4. The summed E-state index contributed by atoms with van der Waals surface area (Å²) in [5, 5.41) is 27.7. The Hall–Kier alpha value is -6.45. The summed E-state index contributed by atoms with van der Waals surface area (Å²) in [4.78, 5) is 44.2. The van der Waals surface area contributed by atoms with E-state index in [9.17, 15) is 14.4 Å². The van der Waals surface area contributed by atoms with Crippen molar-refractivity contribution in [3.8, 4) is 28.3 Å². The zero-order chi connectivity index (χ0) is 43.1. The number of anilines is 2. The molecule has 2 saturated heterocycles. The van der Waals surface area contributed by atoms with Crippen LogP contribution < -0.4 is 11.5 Å². The third kappa shape index (κ3) is 11.8. The normalized spacial score (nSPS) is 16.9. The van der Waals surface area contributed by atoms with Gasteiger partial charge in [-0.25, -0.2) is 14.6 Å². The maximum Gasteiger partial charge on any atom is 0.410 e. The van der Waals surface area contributed by atoms with Crippen LogP contribution in [0.4, 0.5) is 21.2 Å². The van der Waals surface area contributed by atoms with Crippen LogP contribution in [0.15, 0.2) is 43.2 Å². The maximum absolute atomic E-state index is 12.5. The van der Waals surface area contributed by atoms with Crippen molar-refractivity contribution in [1.82, 2.24) is 54.2 Å². The average Bonchev–Trinajstić information content (AvgIpc) is 3.99. The predicted octanol–water partition coefficient (Wildman–Crippen LogP) is 5.34. The van der Waals surface area contributed by atoms with E-state index in [-0.39, 0.29) is 36.2 Å². The molecular weight excluding hydrogens is 757 g/mol. The lowest BCUT2D eigenvalue weighted by molar-refractivity contribution is -0.123. The third-order valence-corrected chi connectivity index (χ3v) is 9.49. The molecule has 5 aromatic heterocycles. The van der Waals surface area contributed by atoms with Gasteiger partial charge in [0.15, 0.2) is 11.4 Å². The van der Waals surface area contributed by atoms with Crippen molar-refractivity contribution in [3.63, 3.8) is 0 Å². The van der Waals surface area contributed by atoms with Gasteiger partial charge >= 0.3 is 12.2 Å². The van der Waals surface area contributed by atoms with Crippen LogP contribution in [-0.4, -0.2) is 110 Å². The molecule has 0 saturated carbocycles. The van der Waals surface area contributed by atoms with Crippen LogP contribution in [0.3, 0.4) is 0 Å². The highest BCUT2D eigenvalue weighted by molar-refractivity contribution is 5.84. The number of likely N-dealkylation sites (tertiary alicyclic amines) is 2. The van der Waals surface area contributed by atoms with Gasteiger partial charge in [-0.15, -0.1) is 0 Å². The number of H-pyrrole nitrogens is 1. The summed E-state index contributed by atoms with van der Waals surface area (Å²) in [5.74, 6) is 0.898. The minimum atomic E-state index is -0.527. The molecule has 7 heterocycles. The summed E-state index contributed by atoms with van der Waals surface area (Å²) in [6, 6.07) is 3.72. The molecular formula is C40H56N14O5. The number of rotatable bonds is 5. The van der Waals surface area contributed by atoms with E-state index in [2.05, 4.69) is 25.5 Å². The highest BCUT2D eigenvalue weighted by Crippen LogP contribution is 2.31. The second-order valence-electron chi connectivity index (χ2n) is 16.7. The topological polar surface area (TPSA) is 246 Å².